The first-order chi connectivity index (χ1) is 12.8. The number of nitrogens with zero attached hydrogens (tertiary/aromatic N) is 3. The number of likely N-dealkylation sites (N-methyl/N-ethyl adjacent to an activating group) is 1. The monoisotopic (exact) mass is 405 g/mol. The predicted molar refractivity (Wildman–Crippen MR) is 105 cm³/mol. The quantitative estimate of drug-likeness (QED) is 0.647. The normalized spacial score (nSPS) is 13.0. The summed E-state index contributed by atoms with van der Waals surface area (Å²) in [5, 5.41) is 7.98. The van der Waals surface area contributed by atoms with E-state index >= 15 is 0 Å². The lowest BCUT2D eigenvalue weighted by molar-refractivity contribution is -0.117. The SMILES string of the molecule is CC(c1ccc(S(N)(=O)=O)cc1)N(C)CC(=O)Nc1cccc2nsnc12. The van der Waals surface area contributed by atoms with Crippen molar-refractivity contribution < 1.29 is 13.2 Å². The fourth-order valence-electron chi connectivity index (χ4n) is 2.65. The van der Waals surface area contributed by atoms with Gasteiger partial charge in [-0.15, -0.1) is 0 Å². The molecule has 0 radical (unpaired) electrons. The lowest BCUT2D eigenvalue weighted by Gasteiger charge is -2.24. The largest absolute Gasteiger partial charge is 0.323 e. The van der Waals surface area contributed by atoms with Gasteiger partial charge in [0.05, 0.1) is 28.9 Å². The fraction of sp³-hybridized carbons (Fsp3) is 0.235. The van der Waals surface area contributed by atoms with Crippen LogP contribution in [0.3, 0.4) is 0 Å². The molecule has 3 rings (SSSR count). The van der Waals surface area contributed by atoms with E-state index in [0.29, 0.717) is 11.2 Å². The van der Waals surface area contributed by atoms with Crippen LogP contribution in [0, 0.1) is 0 Å². The van der Waals surface area contributed by atoms with E-state index in [2.05, 4.69) is 14.1 Å². The van der Waals surface area contributed by atoms with Crippen LogP contribution in [0.5, 0.6) is 0 Å². The average molecular weight is 406 g/mol. The van der Waals surface area contributed by atoms with Crippen molar-refractivity contribution in [2.45, 2.75) is 17.9 Å². The highest BCUT2D eigenvalue weighted by atomic mass is 32.2. The molecule has 2 aromatic carbocycles. The Morgan fingerprint density at radius 1 is 1.22 bits per heavy atom. The predicted octanol–water partition coefficient (Wildman–Crippen LogP) is 1.97. The van der Waals surface area contributed by atoms with Gasteiger partial charge in [-0.1, -0.05) is 18.2 Å². The summed E-state index contributed by atoms with van der Waals surface area (Å²) in [5.74, 6) is -0.175. The molecule has 142 valence electrons. The number of sulfonamides is 1. The van der Waals surface area contributed by atoms with Gasteiger partial charge in [-0.05, 0) is 43.8 Å². The second-order valence-corrected chi connectivity index (χ2v) is 8.28. The molecular weight excluding hydrogens is 386 g/mol. The molecule has 0 bridgehead atoms. The van der Waals surface area contributed by atoms with E-state index < -0.39 is 10.0 Å². The summed E-state index contributed by atoms with van der Waals surface area (Å²) in [5.41, 5.74) is 2.92. The molecule has 1 heterocycles. The van der Waals surface area contributed by atoms with Gasteiger partial charge in [0, 0.05) is 6.04 Å². The maximum atomic E-state index is 12.4. The van der Waals surface area contributed by atoms with Crippen LogP contribution in [-0.2, 0) is 14.8 Å². The number of anilines is 1. The number of carbonyl (C=O) groups excluding carboxylic acids is 1. The summed E-state index contributed by atoms with van der Waals surface area (Å²) in [7, 11) is -1.90. The molecule has 8 nitrogen and oxygen atoms in total. The Kier molecular flexibility index (Phi) is 5.51. The van der Waals surface area contributed by atoms with Crippen molar-refractivity contribution in [3.05, 3.63) is 48.0 Å². The van der Waals surface area contributed by atoms with Gasteiger partial charge in [-0.3, -0.25) is 9.69 Å². The average Bonchev–Trinajstić information content (AvgIpc) is 3.10. The summed E-state index contributed by atoms with van der Waals surface area (Å²) >= 11 is 1.10. The Bertz CT molecular complexity index is 1060. The fourth-order valence-corrected chi connectivity index (χ4v) is 3.72. The minimum absolute atomic E-state index is 0.0591. The zero-order valence-corrected chi connectivity index (χ0v) is 16.4. The molecule has 3 aromatic rings. The summed E-state index contributed by atoms with van der Waals surface area (Å²) in [6.45, 7) is 2.09. The van der Waals surface area contributed by atoms with Crippen LogP contribution in [-0.4, -0.2) is 41.6 Å². The molecule has 1 unspecified atom stereocenters. The van der Waals surface area contributed by atoms with Crippen molar-refractivity contribution in [3.63, 3.8) is 0 Å². The summed E-state index contributed by atoms with van der Waals surface area (Å²) < 4.78 is 31.1. The number of amides is 1. The molecule has 0 saturated heterocycles. The highest BCUT2D eigenvalue weighted by molar-refractivity contribution is 7.89. The maximum absolute atomic E-state index is 12.4. The van der Waals surface area contributed by atoms with E-state index in [1.807, 2.05) is 31.0 Å². The van der Waals surface area contributed by atoms with Gasteiger partial charge in [-0.25, -0.2) is 13.6 Å². The maximum Gasteiger partial charge on any atom is 0.238 e. The van der Waals surface area contributed by atoms with E-state index in [4.69, 9.17) is 5.14 Å². The molecule has 0 aliphatic heterocycles. The standard InChI is InChI=1S/C17H19N5O3S2/c1-11(12-6-8-13(9-7-12)27(18,24)25)22(2)10-16(23)19-14-4-3-5-15-17(14)21-26-20-15/h3-9,11H,10H2,1-2H3,(H,19,23)(H2,18,24,25). The van der Waals surface area contributed by atoms with E-state index in [1.54, 1.807) is 18.2 Å². The molecular formula is C17H19N5O3S2. The van der Waals surface area contributed by atoms with Crippen LogP contribution in [0.4, 0.5) is 5.69 Å². The van der Waals surface area contributed by atoms with Gasteiger partial charge in [0.1, 0.15) is 11.0 Å². The van der Waals surface area contributed by atoms with Crippen LogP contribution in [0.2, 0.25) is 0 Å². The lowest BCUT2D eigenvalue weighted by atomic mass is 10.1. The van der Waals surface area contributed by atoms with Gasteiger partial charge in [0.25, 0.3) is 0 Å². The van der Waals surface area contributed by atoms with Gasteiger partial charge in [0.2, 0.25) is 15.9 Å². The molecule has 27 heavy (non-hydrogen) atoms. The number of primary sulfonamides is 1. The van der Waals surface area contributed by atoms with Gasteiger partial charge >= 0.3 is 0 Å². The molecule has 0 saturated carbocycles. The molecule has 1 amide bonds. The number of rotatable bonds is 6. The number of aromatic nitrogens is 2. The van der Waals surface area contributed by atoms with Gasteiger partial charge in [-0.2, -0.15) is 8.75 Å². The number of hydrogen-bond acceptors (Lipinski definition) is 7. The molecule has 10 heteroatoms. The van der Waals surface area contributed by atoms with Gasteiger partial charge < -0.3 is 5.32 Å². The molecule has 0 fully saturated rings. The summed E-state index contributed by atoms with van der Waals surface area (Å²) in [6.07, 6.45) is 0. The minimum Gasteiger partial charge on any atom is -0.323 e. The van der Waals surface area contributed by atoms with E-state index in [9.17, 15) is 13.2 Å². The zero-order valence-electron chi connectivity index (χ0n) is 14.8. The van der Waals surface area contributed by atoms with Crippen molar-refractivity contribution in [1.29, 1.82) is 0 Å². The third-order valence-electron chi connectivity index (χ3n) is 4.31. The second kappa shape index (κ2) is 7.69. The Balaban J connectivity index is 1.66. The summed E-state index contributed by atoms with van der Waals surface area (Å²) in [4.78, 5) is 14.3. The molecule has 0 aliphatic carbocycles. The smallest absolute Gasteiger partial charge is 0.238 e. The number of nitrogens with one attached hydrogen (secondary N) is 1. The van der Waals surface area contributed by atoms with E-state index in [1.165, 1.54) is 12.1 Å². The Morgan fingerprint density at radius 2 is 1.93 bits per heavy atom. The van der Waals surface area contributed by atoms with Crippen molar-refractivity contribution in [3.8, 4) is 0 Å². The Labute approximate surface area is 161 Å². The minimum atomic E-state index is -3.72. The highest BCUT2D eigenvalue weighted by Crippen LogP contribution is 2.22. The lowest BCUT2D eigenvalue weighted by Crippen LogP contribution is -2.32. The van der Waals surface area contributed by atoms with Crippen molar-refractivity contribution in [2.24, 2.45) is 5.14 Å². The van der Waals surface area contributed by atoms with Crippen LogP contribution < -0.4 is 10.5 Å². The number of hydrogen-bond donors (Lipinski definition) is 2. The first-order valence-electron chi connectivity index (χ1n) is 8.10. The first-order valence-corrected chi connectivity index (χ1v) is 10.4. The van der Waals surface area contributed by atoms with E-state index in [-0.39, 0.29) is 23.4 Å². The van der Waals surface area contributed by atoms with Crippen LogP contribution in [0.25, 0.3) is 11.0 Å². The van der Waals surface area contributed by atoms with Crippen molar-refractivity contribution in [2.75, 3.05) is 18.9 Å². The summed E-state index contributed by atoms with van der Waals surface area (Å²) in [6, 6.07) is 11.7. The molecule has 1 aromatic heterocycles. The van der Waals surface area contributed by atoms with E-state index in [0.717, 1.165) is 22.8 Å². The van der Waals surface area contributed by atoms with Crippen LogP contribution in [0.15, 0.2) is 47.4 Å². The van der Waals surface area contributed by atoms with Crippen LogP contribution in [0.1, 0.15) is 18.5 Å². The number of benzene rings is 2. The highest BCUT2D eigenvalue weighted by Gasteiger charge is 2.17. The molecule has 3 N–H and O–H groups in total. The topological polar surface area (TPSA) is 118 Å². The number of fused-ring (bicyclic) bond motifs is 1. The molecule has 1 atom stereocenters. The number of nitrogens with two attached hydrogens (primary N) is 1. The van der Waals surface area contributed by atoms with Crippen LogP contribution >= 0.6 is 11.7 Å². The van der Waals surface area contributed by atoms with Gasteiger partial charge in [0.15, 0.2) is 0 Å². The first kappa shape index (κ1) is 19.4. The Hall–Kier alpha value is -2.40. The zero-order chi connectivity index (χ0) is 19.6. The van der Waals surface area contributed by atoms with Crippen molar-refractivity contribution >= 4 is 44.4 Å². The third-order valence-corrected chi connectivity index (χ3v) is 5.78. The Morgan fingerprint density at radius 3 is 2.59 bits per heavy atom. The molecule has 0 spiro atoms. The second-order valence-electron chi connectivity index (χ2n) is 6.19. The third kappa shape index (κ3) is 4.48. The number of carbonyl (C=O) groups is 1. The van der Waals surface area contributed by atoms with Crippen molar-refractivity contribution in [1.82, 2.24) is 13.6 Å². The molecule has 0 aliphatic rings.